The van der Waals surface area contributed by atoms with Gasteiger partial charge in [0, 0.05) is 63.7 Å². The van der Waals surface area contributed by atoms with Crippen LogP contribution in [0.2, 0.25) is 0 Å². The van der Waals surface area contributed by atoms with Gasteiger partial charge in [0.2, 0.25) is 5.79 Å². The van der Waals surface area contributed by atoms with E-state index < -0.39 is 90.3 Å². The number of carbonyl (C=O) groups excluding carboxylic acids is 1. The number of aliphatic hydroxyl groups excluding tert-OH is 2. The van der Waals surface area contributed by atoms with Crippen LogP contribution in [-0.2, 0) is 80.6 Å². The zero-order chi connectivity index (χ0) is 55.2. The molecule has 17 aliphatic heterocycles. The van der Waals surface area contributed by atoms with Crippen LogP contribution in [0.1, 0.15) is 143 Å². The zero-order valence-corrected chi connectivity index (χ0v) is 47.4. The van der Waals surface area contributed by atoms with Crippen molar-refractivity contribution in [1.29, 1.82) is 0 Å². The average Bonchev–Trinajstić information content (AvgIpc) is 4.44. The Labute approximate surface area is 474 Å². The van der Waals surface area contributed by atoms with Gasteiger partial charge < -0.3 is 91.1 Å². The van der Waals surface area contributed by atoms with E-state index in [1.165, 1.54) is 0 Å². The largest absolute Gasteiger partial charge is 0.459 e. The minimum absolute atomic E-state index is 0.0214. The average molecular weight is 1140 g/mol. The first-order valence-corrected chi connectivity index (χ1v) is 31.5. The summed E-state index contributed by atoms with van der Waals surface area (Å²) < 4.78 is 110. The third-order valence-electron chi connectivity index (χ3n) is 22.7. The molecule has 3 N–H and O–H groups in total. The number of fused-ring (bicyclic) bond motifs is 11. The molecular weight excluding hydrogens is 1050 g/mol. The minimum Gasteiger partial charge on any atom is -0.459 e. The van der Waals surface area contributed by atoms with Crippen molar-refractivity contribution in [2.45, 2.75) is 319 Å². The molecule has 20 heteroatoms. The van der Waals surface area contributed by atoms with Crippen molar-refractivity contribution in [3.05, 3.63) is 24.3 Å². The van der Waals surface area contributed by atoms with Crippen molar-refractivity contribution in [1.82, 2.24) is 0 Å². The molecule has 0 aromatic carbocycles. The molecule has 33 atom stereocenters. The molecule has 20 nitrogen and oxygen atoms in total. The topological polar surface area (TPSA) is 225 Å². The summed E-state index contributed by atoms with van der Waals surface area (Å²) in [7, 11) is 0. The first kappa shape index (κ1) is 54.6. The molecule has 17 aliphatic rings. The Morgan fingerprint density at radius 1 is 0.519 bits per heavy atom. The summed E-state index contributed by atoms with van der Waals surface area (Å²) in [4.78, 5) is 14.6. The van der Waals surface area contributed by atoms with Gasteiger partial charge in [0.05, 0.1) is 129 Å². The van der Waals surface area contributed by atoms with Crippen molar-refractivity contribution in [3.8, 4) is 0 Å². The molecule has 17 heterocycles. The van der Waals surface area contributed by atoms with E-state index in [4.69, 9.17) is 75.8 Å². The maximum Gasteiger partial charge on any atom is 0.308 e. The molecular formula is C61H86O20. The maximum absolute atomic E-state index is 14.6. The molecule has 0 aromatic heterocycles. The van der Waals surface area contributed by atoms with Crippen LogP contribution in [0.5, 0.6) is 0 Å². The number of rotatable bonds is 2. The summed E-state index contributed by atoms with van der Waals surface area (Å²) in [6, 6.07) is 0. The molecule has 17 saturated heterocycles. The first-order valence-electron chi connectivity index (χ1n) is 31.5. The fourth-order valence-electron chi connectivity index (χ4n) is 18.9. The molecule has 0 saturated carbocycles. The second-order valence-electron chi connectivity index (χ2n) is 28.3. The highest BCUT2D eigenvalue weighted by Gasteiger charge is 2.75. The van der Waals surface area contributed by atoms with Crippen LogP contribution in [0.4, 0.5) is 0 Å². The van der Waals surface area contributed by atoms with Crippen molar-refractivity contribution in [2.24, 2.45) is 23.7 Å². The smallest absolute Gasteiger partial charge is 0.308 e. The summed E-state index contributed by atoms with van der Waals surface area (Å²) in [6.07, 6.45) is 0.905. The minimum atomic E-state index is -1.54. The normalized spacial score (nSPS) is 59.3. The summed E-state index contributed by atoms with van der Waals surface area (Å²) in [5, 5.41) is 31.9. The van der Waals surface area contributed by atoms with Gasteiger partial charge in [0.15, 0.2) is 17.4 Å². The summed E-state index contributed by atoms with van der Waals surface area (Å²) >= 11 is 0. The number of hydrogen-bond acceptors (Lipinski definition) is 20. The maximum atomic E-state index is 14.6. The second-order valence-corrected chi connectivity index (χ2v) is 28.3. The van der Waals surface area contributed by atoms with E-state index in [0.29, 0.717) is 77.0 Å². The van der Waals surface area contributed by atoms with E-state index in [-0.39, 0.29) is 135 Å². The standard InChI is InChI=1S/C61H86O20/c1-26-13-32-7-9-36-27(2)14-34(66-36)11-12-58-25-61(65)57(81-58)56-55(80-61)54(79-58)53-37(71-56)10-8-33(68-53)15-48(64)74-52-31(6)51-44(70-43(52)16-38(67-32)30(26)5)19-42-46(73-51)22-60(75-42)23-47-50(78-60)29(4)21-59(77-47)20-28(3)49-45(76-59)18-40-41(72-49)17-39(69-40)35(63)24-62/h26,28-29,31-47,49-57,62-63,65H,2,5,7-25H2,1,3-4,6H3/t26-,28+,29+,31+,32+,33-,34+,35-,36+,37+,38-,39-,40-,41-,42-,43+,44+,45+,46-,47+,49+,50+,51+,52-,53+,54+,55+,56?,57+,58-,59-,60+,61?/m1/s1. The van der Waals surface area contributed by atoms with Gasteiger partial charge in [-0.2, -0.15) is 0 Å². The quantitative estimate of drug-likeness (QED) is 0.253. The molecule has 12 bridgehead atoms. The van der Waals surface area contributed by atoms with Gasteiger partial charge in [-0.3, -0.25) is 4.79 Å². The van der Waals surface area contributed by atoms with Crippen LogP contribution in [0.25, 0.3) is 0 Å². The van der Waals surface area contributed by atoms with Gasteiger partial charge in [-0.15, -0.1) is 0 Å². The Kier molecular flexibility index (Phi) is 13.4. The molecule has 0 radical (unpaired) electrons. The van der Waals surface area contributed by atoms with E-state index >= 15 is 0 Å². The van der Waals surface area contributed by atoms with Gasteiger partial charge in [-0.1, -0.05) is 40.9 Å². The van der Waals surface area contributed by atoms with Crippen LogP contribution < -0.4 is 0 Å². The van der Waals surface area contributed by atoms with Gasteiger partial charge in [-0.05, 0) is 73.8 Å². The van der Waals surface area contributed by atoms with E-state index in [2.05, 4.69) is 40.9 Å². The van der Waals surface area contributed by atoms with Gasteiger partial charge in [0.1, 0.15) is 42.7 Å². The molecule has 450 valence electrons. The predicted molar refractivity (Wildman–Crippen MR) is 278 cm³/mol. The van der Waals surface area contributed by atoms with Crippen LogP contribution >= 0.6 is 0 Å². The van der Waals surface area contributed by atoms with Gasteiger partial charge >= 0.3 is 5.97 Å². The number of esters is 1. The van der Waals surface area contributed by atoms with Crippen molar-refractivity contribution in [2.75, 3.05) is 6.61 Å². The number of aliphatic hydroxyl groups is 3. The lowest BCUT2D eigenvalue weighted by Gasteiger charge is -2.54. The highest BCUT2D eigenvalue weighted by Crippen LogP contribution is 2.60. The van der Waals surface area contributed by atoms with Crippen LogP contribution in [0.15, 0.2) is 24.3 Å². The van der Waals surface area contributed by atoms with Crippen LogP contribution in [-0.4, -0.2) is 204 Å². The van der Waals surface area contributed by atoms with Crippen molar-refractivity contribution in [3.63, 3.8) is 0 Å². The number of ether oxygens (including phenoxy) is 16. The Balaban J connectivity index is 0.630. The lowest BCUT2D eigenvalue weighted by atomic mass is 9.78. The van der Waals surface area contributed by atoms with E-state index in [9.17, 15) is 20.1 Å². The molecule has 2 unspecified atom stereocenters. The lowest BCUT2D eigenvalue weighted by Crippen LogP contribution is -2.62. The fourth-order valence-corrected chi connectivity index (χ4v) is 18.9. The van der Waals surface area contributed by atoms with Gasteiger partial charge in [-0.25, -0.2) is 0 Å². The zero-order valence-electron chi connectivity index (χ0n) is 47.4. The molecule has 0 aliphatic carbocycles. The van der Waals surface area contributed by atoms with E-state index in [1.54, 1.807) is 0 Å². The van der Waals surface area contributed by atoms with Crippen molar-refractivity contribution >= 4 is 5.97 Å². The predicted octanol–water partition coefficient (Wildman–Crippen LogP) is 4.65. The third kappa shape index (κ3) is 9.12. The molecule has 81 heavy (non-hydrogen) atoms. The molecule has 17 rings (SSSR count). The molecule has 0 aromatic rings. The Morgan fingerprint density at radius 2 is 1.20 bits per heavy atom. The molecule has 0 amide bonds. The highest BCUT2D eigenvalue weighted by atomic mass is 16.8. The van der Waals surface area contributed by atoms with Crippen molar-refractivity contribution < 1.29 is 95.9 Å². The Hall–Kier alpha value is -1.77. The van der Waals surface area contributed by atoms with Crippen LogP contribution in [0.3, 0.4) is 0 Å². The van der Waals surface area contributed by atoms with E-state index in [1.807, 2.05) is 0 Å². The SMILES string of the molecule is C=C1C[C@@H]2CC[C@@]34CC5(O)O[C@@H]6C(O[C@H]7CC[C@H](CC(=O)O[C@@H]8[C@@H](C)[C@@H]9O[C@@H]%10C[C@]%11(C[C@@H]%12O[C@]%13(C[C@H](C)[C@@H]%14O[C@@H]%15C[C@H]([C@H](O)CO)O[C@@H]%15C[C@@H]%14O%13)C[C@H](C)[C@@H]%12O%11)O[C@@H]%10C[C@@H]9O[C@H]8C[C@H]8O[C@@H](CC[C@@H]1O2)C[C@@H](C)C8=C)O[C@@H]7[C@@H]6O3)[C@@H]5O4. The summed E-state index contributed by atoms with van der Waals surface area (Å²) in [5.41, 5.74) is 2.09. The first-order chi connectivity index (χ1) is 38.9. The van der Waals surface area contributed by atoms with Crippen LogP contribution in [0, 0.1) is 23.7 Å². The fraction of sp³-hybridized carbons (Fsp3) is 0.918. The number of carbonyl (C=O) groups is 1. The number of hydrogen-bond donors (Lipinski definition) is 3. The Bertz CT molecular complexity index is 2470. The Morgan fingerprint density at radius 3 is 2.05 bits per heavy atom. The molecule has 3 spiro atoms. The highest BCUT2D eigenvalue weighted by molar-refractivity contribution is 5.70. The molecule has 17 fully saturated rings. The van der Waals surface area contributed by atoms with E-state index in [0.717, 1.165) is 36.8 Å². The van der Waals surface area contributed by atoms with Gasteiger partial charge in [0.25, 0.3) is 0 Å². The second kappa shape index (κ2) is 19.9. The third-order valence-corrected chi connectivity index (χ3v) is 22.7. The summed E-state index contributed by atoms with van der Waals surface area (Å²) in [6.45, 7) is 17.5. The summed E-state index contributed by atoms with van der Waals surface area (Å²) in [5.74, 6) is -4.57. The lowest BCUT2D eigenvalue weighted by molar-refractivity contribution is -0.369. The monoisotopic (exact) mass is 1140 g/mol.